The second-order valence-electron chi connectivity index (χ2n) is 6.43. The molecule has 2 unspecified atom stereocenters. The Balaban J connectivity index is 1.92. The van der Waals surface area contributed by atoms with Crippen molar-refractivity contribution in [3.63, 3.8) is 0 Å². The van der Waals surface area contributed by atoms with E-state index in [0.717, 1.165) is 17.0 Å². The van der Waals surface area contributed by atoms with Crippen molar-refractivity contribution >= 4 is 28.5 Å². The highest BCUT2D eigenvalue weighted by Gasteiger charge is 2.40. The van der Waals surface area contributed by atoms with Gasteiger partial charge in [0.15, 0.2) is 0 Å². The molecule has 2 bridgehead atoms. The predicted octanol–water partition coefficient (Wildman–Crippen LogP) is 3.46. The first-order valence-corrected chi connectivity index (χ1v) is 8.18. The maximum Gasteiger partial charge on any atom is 0.305 e. The number of rotatable bonds is 3. The second kappa shape index (κ2) is 5.00. The SMILES string of the molecule is CN1C2CCC1c1c(n(CCC(=O)O)c3ccc(Cl)cc13)C2. The summed E-state index contributed by atoms with van der Waals surface area (Å²) in [5.41, 5.74) is 3.82. The number of hydrogen-bond acceptors (Lipinski definition) is 2. The first-order valence-electron chi connectivity index (χ1n) is 7.80. The van der Waals surface area contributed by atoms with Crippen LogP contribution >= 0.6 is 11.6 Å². The van der Waals surface area contributed by atoms with Crippen LogP contribution in [-0.2, 0) is 17.8 Å². The maximum absolute atomic E-state index is 11.0. The lowest BCUT2D eigenvalue weighted by Gasteiger charge is -2.32. The fourth-order valence-electron chi connectivity index (χ4n) is 4.29. The van der Waals surface area contributed by atoms with Gasteiger partial charge in [0.05, 0.1) is 6.42 Å². The molecule has 0 amide bonds. The molecule has 1 N–H and O–H groups in total. The summed E-state index contributed by atoms with van der Waals surface area (Å²) >= 11 is 6.22. The minimum atomic E-state index is -0.750. The molecule has 4 nitrogen and oxygen atoms in total. The van der Waals surface area contributed by atoms with Crippen molar-refractivity contribution in [3.8, 4) is 0 Å². The quantitative estimate of drug-likeness (QED) is 0.942. The second-order valence-corrected chi connectivity index (χ2v) is 6.87. The van der Waals surface area contributed by atoms with Gasteiger partial charge in [-0.05, 0) is 43.7 Å². The Labute approximate surface area is 134 Å². The number of fused-ring (bicyclic) bond motifs is 6. The van der Waals surface area contributed by atoms with E-state index in [1.807, 2.05) is 18.2 Å². The van der Waals surface area contributed by atoms with Crippen molar-refractivity contribution in [1.29, 1.82) is 0 Å². The van der Waals surface area contributed by atoms with Crippen molar-refractivity contribution in [3.05, 3.63) is 34.5 Å². The van der Waals surface area contributed by atoms with Gasteiger partial charge in [-0.2, -0.15) is 0 Å². The van der Waals surface area contributed by atoms with Crippen LogP contribution in [0.2, 0.25) is 5.02 Å². The molecule has 5 heteroatoms. The number of aliphatic carboxylic acids is 1. The standard InChI is InChI=1S/C17H19ClN2O2/c1-19-11-3-5-14(19)17-12-8-10(18)2-4-13(12)20(15(17)9-11)7-6-16(21)22/h2,4,8,11,14H,3,5-7,9H2,1H3,(H,21,22). The van der Waals surface area contributed by atoms with Crippen LogP contribution in [0, 0.1) is 0 Å². The molecule has 2 aromatic rings. The van der Waals surface area contributed by atoms with E-state index in [0.29, 0.717) is 18.6 Å². The molecule has 3 heterocycles. The molecule has 0 saturated carbocycles. The molecule has 1 aromatic carbocycles. The van der Waals surface area contributed by atoms with E-state index >= 15 is 0 Å². The lowest BCUT2D eigenvalue weighted by Crippen LogP contribution is -2.34. The average Bonchev–Trinajstić information content (AvgIpc) is 2.88. The number of nitrogens with zero attached hydrogens (tertiary/aromatic N) is 2. The zero-order chi connectivity index (χ0) is 15.4. The molecular formula is C17H19ClN2O2. The number of hydrogen-bond donors (Lipinski definition) is 1. The predicted molar refractivity (Wildman–Crippen MR) is 86.4 cm³/mol. The Morgan fingerprint density at radius 1 is 1.41 bits per heavy atom. The molecule has 2 aliphatic rings. The summed E-state index contributed by atoms with van der Waals surface area (Å²) in [7, 11) is 2.20. The van der Waals surface area contributed by atoms with Crippen LogP contribution in [0.5, 0.6) is 0 Å². The van der Waals surface area contributed by atoms with Gasteiger partial charge in [-0.3, -0.25) is 9.69 Å². The summed E-state index contributed by atoms with van der Waals surface area (Å²) in [6.45, 7) is 0.534. The highest BCUT2D eigenvalue weighted by molar-refractivity contribution is 6.31. The van der Waals surface area contributed by atoms with Gasteiger partial charge >= 0.3 is 5.97 Å². The molecule has 0 aliphatic carbocycles. The highest BCUT2D eigenvalue weighted by atomic mass is 35.5. The Bertz CT molecular complexity index is 768. The highest BCUT2D eigenvalue weighted by Crippen LogP contribution is 2.47. The molecule has 116 valence electrons. The Kier molecular flexibility index (Phi) is 3.20. The summed E-state index contributed by atoms with van der Waals surface area (Å²) in [5.74, 6) is -0.750. The van der Waals surface area contributed by atoms with Crippen LogP contribution in [0.15, 0.2) is 18.2 Å². The topological polar surface area (TPSA) is 45.5 Å². The first-order chi connectivity index (χ1) is 10.6. The van der Waals surface area contributed by atoms with Crippen LogP contribution in [0.25, 0.3) is 10.9 Å². The third-order valence-electron chi connectivity index (χ3n) is 5.33. The van der Waals surface area contributed by atoms with E-state index < -0.39 is 5.97 Å². The summed E-state index contributed by atoms with van der Waals surface area (Å²) in [6, 6.07) is 7.00. The molecule has 4 rings (SSSR count). The van der Waals surface area contributed by atoms with E-state index in [1.54, 1.807) is 0 Å². The van der Waals surface area contributed by atoms with E-state index in [-0.39, 0.29) is 6.42 Å². The molecule has 1 fully saturated rings. The Morgan fingerprint density at radius 3 is 3.00 bits per heavy atom. The van der Waals surface area contributed by atoms with Gasteiger partial charge in [-0.25, -0.2) is 0 Å². The first kappa shape index (κ1) is 14.1. The average molecular weight is 319 g/mol. The van der Waals surface area contributed by atoms with E-state index in [1.165, 1.54) is 29.5 Å². The molecule has 2 aliphatic heterocycles. The van der Waals surface area contributed by atoms with Gasteiger partial charge in [0.2, 0.25) is 0 Å². The van der Waals surface area contributed by atoms with Crippen molar-refractivity contribution in [1.82, 2.24) is 9.47 Å². The summed E-state index contributed by atoms with van der Waals surface area (Å²) in [4.78, 5) is 13.5. The summed E-state index contributed by atoms with van der Waals surface area (Å²) in [5, 5.41) is 11.0. The largest absolute Gasteiger partial charge is 0.481 e. The van der Waals surface area contributed by atoms with Crippen LogP contribution in [0.1, 0.15) is 36.6 Å². The van der Waals surface area contributed by atoms with Crippen LogP contribution in [0.4, 0.5) is 0 Å². The van der Waals surface area contributed by atoms with Gasteiger partial charge < -0.3 is 9.67 Å². The van der Waals surface area contributed by atoms with E-state index in [2.05, 4.69) is 16.5 Å². The van der Waals surface area contributed by atoms with Crippen LogP contribution < -0.4 is 0 Å². The number of carboxylic acids is 1. The van der Waals surface area contributed by atoms with Gasteiger partial charge in [0.25, 0.3) is 0 Å². The van der Waals surface area contributed by atoms with Gasteiger partial charge in [0.1, 0.15) is 0 Å². The van der Waals surface area contributed by atoms with Crippen molar-refractivity contribution in [2.75, 3.05) is 7.05 Å². The lowest BCUT2D eigenvalue weighted by molar-refractivity contribution is -0.137. The molecule has 0 spiro atoms. The monoisotopic (exact) mass is 318 g/mol. The fourth-order valence-corrected chi connectivity index (χ4v) is 4.46. The van der Waals surface area contributed by atoms with Gasteiger partial charge in [-0.15, -0.1) is 0 Å². The Hall–Kier alpha value is -1.52. The molecule has 1 saturated heterocycles. The van der Waals surface area contributed by atoms with Crippen LogP contribution in [0.3, 0.4) is 0 Å². The molecule has 0 radical (unpaired) electrons. The number of likely N-dealkylation sites (N-methyl/N-ethyl adjacent to an activating group) is 1. The number of halogens is 1. The van der Waals surface area contributed by atoms with Gasteiger partial charge in [0, 0.05) is 46.7 Å². The third kappa shape index (κ3) is 1.97. The zero-order valence-corrected chi connectivity index (χ0v) is 13.3. The normalized spacial score (nSPS) is 23.9. The summed E-state index contributed by atoms with van der Waals surface area (Å²) < 4.78 is 2.22. The minimum absolute atomic E-state index is 0.157. The third-order valence-corrected chi connectivity index (χ3v) is 5.56. The number of aryl methyl sites for hydroxylation is 1. The lowest BCUT2D eigenvalue weighted by atomic mass is 9.97. The molecule has 22 heavy (non-hydrogen) atoms. The van der Waals surface area contributed by atoms with E-state index in [9.17, 15) is 4.79 Å². The van der Waals surface area contributed by atoms with Crippen LogP contribution in [-0.4, -0.2) is 33.6 Å². The molecule has 1 aromatic heterocycles. The summed E-state index contributed by atoms with van der Waals surface area (Å²) in [6.07, 6.45) is 3.56. The molecule has 2 atom stereocenters. The smallest absolute Gasteiger partial charge is 0.305 e. The minimum Gasteiger partial charge on any atom is -0.481 e. The number of benzene rings is 1. The molecular weight excluding hydrogens is 300 g/mol. The Morgan fingerprint density at radius 2 is 2.23 bits per heavy atom. The fraction of sp³-hybridized carbons (Fsp3) is 0.471. The van der Waals surface area contributed by atoms with E-state index in [4.69, 9.17) is 16.7 Å². The van der Waals surface area contributed by atoms with Crippen molar-refractivity contribution in [2.45, 2.75) is 44.3 Å². The van der Waals surface area contributed by atoms with Crippen molar-refractivity contribution in [2.24, 2.45) is 0 Å². The maximum atomic E-state index is 11.0. The number of aromatic nitrogens is 1. The number of carboxylic acid groups (broad SMARTS) is 1. The van der Waals surface area contributed by atoms with Gasteiger partial charge in [-0.1, -0.05) is 11.6 Å². The van der Waals surface area contributed by atoms with Crippen molar-refractivity contribution < 1.29 is 9.90 Å². The number of carbonyl (C=O) groups is 1. The zero-order valence-electron chi connectivity index (χ0n) is 12.6.